The van der Waals surface area contributed by atoms with E-state index in [4.69, 9.17) is 5.11 Å². The van der Waals surface area contributed by atoms with Crippen molar-refractivity contribution in [1.29, 1.82) is 0 Å². The van der Waals surface area contributed by atoms with Crippen LogP contribution in [0.3, 0.4) is 0 Å². The SMILES string of the molecule is CCCCN(CC)c1ccc(CO)c(C)n1. The van der Waals surface area contributed by atoms with E-state index < -0.39 is 0 Å². The number of nitrogens with zero attached hydrogens (tertiary/aromatic N) is 2. The number of rotatable bonds is 6. The van der Waals surface area contributed by atoms with Gasteiger partial charge in [-0.05, 0) is 31.9 Å². The van der Waals surface area contributed by atoms with E-state index in [0.29, 0.717) is 0 Å². The average Bonchev–Trinajstić information content (AvgIpc) is 2.30. The van der Waals surface area contributed by atoms with Crippen LogP contribution in [-0.2, 0) is 6.61 Å². The Morgan fingerprint density at radius 3 is 2.56 bits per heavy atom. The Morgan fingerprint density at radius 1 is 1.31 bits per heavy atom. The molecule has 0 fully saturated rings. The molecule has 0 unspecified atom stereocenters. The second kappa shape index (κ2) is 6.48. The molecule has 0 spiro atoms. The lowest BCUT2D eigenvalue weighted by Crippen LogP contribution is -2.25. The Kier molecular flexibility index (Phi) is 5.26. The summed E-state index contributed by atoms with van der Waals surface area (Å²) in [5, 5.41) is 9.09. The predicted octanol–water partition coefficient (Wildman–Crippen LogP) is 2.51. The van der Waals surface area contributed by atoms with Gasteiger partial charge in [0, 0.05) is 18.8 Å². The highest BCUT2D eigenvalue weighted by atomic mass is 16.3. The number of pyridine rings is 1. The van der Waals surface area contributed by atoms with E-state index in [1.807, 2.05) is 19.1 Å². The summed E-state index contributed by atoms with van der Waals surface area (Å²) in [4.78, 5) is 6.81. The van der Waals surface area contributed by atoms with Crippen molar-refractivity contribution < 1.29 is 5.11 Å². The zero-order valence-electron chi connectivity index (χ0n) is 10.5. The molecule has 0 bridgehead atoms. The molecule has 3 nitrogen and oxygen atoms in total. The minimum Gasteiger partial charge on any atom is -0.392 e. The van der Waals surface area contributed by atoms with Gasteiger partial charge in [-0.3, -0.25) is 0 Å². The predicted molar refractivity (Wildman–Crippen MR) is 67.7 cm³/mol. The molecule has 1 N–H and O–H groups in total. The van der Waals surface area contributed by atoms with E-state index in [2.05, 4.69) is 23.7 Å². The van der Waals surface area contributed by atoms with Gasteiger partial charge in [-0.25, -0.2) is 4.98 Å². The molecule has 0 saturated carbocycles. The van der Waals surface area contributed by atoms with Gasteiger partial charge in [0.05, 0.1) is 6.61 Å². The van der Waals surface area contributed by atoms with Crippen molar-refractivity contribution in [2.75, 3.05) is 18.0 Å². The summed E-state index contributed by atoms with van der Waals surface area (Å²) >= 11 is 0. The van der Waals surface area contributed by atoms with Crippen LogP contribution in [0.25, 0.3) is 0 Å². The molecule has 0 radical (unpaired) electrons. The zero-order chi connectivity index (χ0) is 12.0. The standard InChI is InChI=1S/C13H22N2O/c1-4-6-9-15(5-2)13-8-7-12(10-16)11(3)14-13/h7-8,16H,4-6,9-10H2,1-3H3. The summed E-state index contributed by atoms with van der Waals surface area (Å²) in [5.41, 5.74) is 1.84. The molecule has 0 aliphatic carbocycles. The van der Waals surface area contributed by atoms with E-state index >= 15 is 0 Å². The van der Waals surface area contributed by atoms with E-state index in [-0.39, 0.29) is 6.61 Å². The fraction of sp³-hybridized carbons (Fsp3) is 0.615. The van der Waals surface area contributed by atoms with Gasteiger partial charge in [-0.2, -0.15) is 0 Å². The summed E-state index contributed by atoms with van der Waals surface area (Å²) in [7, 11) is 0. The summed E-state index contributed by atoms with van der Waals surface area (Å²) in [6.07, 6.45) is 2.39. The first-order chi connectivity index (χ1) is 7.72. The maximum absolute atomic E-state index is 9.09. The Balaban J connectivity index is 2.80. The Labute approximate surface area is 98.1 Å². The van der Waals surface area contributed by atoms with Gasteiger partial charge in [0.2, 0.25) is 0 Å². The number of anilines is 1. The quantitative estimate of drug-likeness (QED) is 0.803. The zero-order valence-corrected chi connectivity index (χ0v) is 10.5. The van der Waals surface area contributed by atoms with Gasteiger partial charge in [-0.15, -0.1) is 0 Å². The smallest absolute Gasteiger partial charge is 0.128 e. The monoisotopic (exact) mass is 222 g/mol. The largest absolute Gasteiger partial charge is 0.392 e. The third kappa shape index (κ3) is 3.20. The summed E-state index contributed by atoms with van der Waals surface area (Å²) < 4.78 is 0. The molecule has 1 aromatic heterocycles. The molecule has 1 rings (SSSR count). The topological polar surface area (TPSA) is 36.4 Å². The van der Waals surface area contributed by atoms with Crippen molar-refractivity contribution in [2.45, 2.75) is 40.2 Å². The number of unbranched alkanes of at least 4 members (excludes halogenated alkanes) is 1. The number of aryl methyl sites for hydroxylation is 1. The normalized spacial score (nSPS) is 10.5. The second-order valence-corrected chi connectivity index (χ2v) is 4.01. The Morgan fingerprint density at radius 2 is 2.06 bits per heavy atom. The van der Waals surface area contributed by atoms with Crippen LogP contribution in [-0.4, -0.2) is 23.2 Å². The minimum atomic E-state index is 0.0696. The molecule has 0 aromatic carbocycles. The molecule has 16 heavy (non-hydrogen) atoms. The number of aromatic nitrogens is 1. The first-order valence-corrected chi connectivity index (χ1v) is 6.05. The molecule has 0 aliphatic rings. The van der Waals surface area contributed by atoms with Crippen LogP contribution in [0.2, 0.25) is 0 Å². The van der Waals surface area contributed by atoms with Gasteiger partial charge in [0.1, 0.15) is 5.82 Å². The lowest BCUT2D eigenvalue weighted by molar-refractivity contribution is 0.280. The summed E-state index contributed by atoms with van der Waals surface area (Å²) in [5.74, 6) is 1.02. The molecule has 0 aliphatic heterocycles. The lowest BCUT2D eigenvalue weighted by Gasteiger charge is -2.22. The molecular formula is C13H22N2O. The fourth-order valence-electron chi connectivity index (χ4n) is 1.70. The van der Waals surface area contributed by atoms with E-state index in [1.165, 1.54) is 12.8 Å². The van der Waals surface area contributed by atoms with E-state index in [1.54, 1.807) is 0 Å². The molecule has 3 heteroatoms. The molecule has 90 valence electrons. The van der Waals surface area contributed by atoms with Gasteiger partial charge < -0.3 is 10.0 Å². The summed E-state index contributed by atoms with van der Waals surface area (Å²) in [6.45, 7) is 8.39. The Hall–Kier alpha value is -1.09. The second-order valence-electron chi connectivity index (χ2n) is 4.01. The van der Waals surface area contributed by atoms with Crippen LogP contribution in [0, 0.1) is 6.92 Å². The number of aliphatic hydroxyl groups is 1. The van der Waals surface area contributed by atoms with Crippen molar-refractivity contribution in [3.8, 4) is 0 Å². The van der Waals surface area contributed by atoms with Crippen molar-refractivity contribution >= 4 is 5.82 Å². The van der Waals surface area contributed by atoms with Crippen LogP contribution in [0.5, 0.6) is 0 Å². The summed E-state index contributed by atoms with van der Waals surface area (Å²) in [6, 6.07) is 3.96. The first-order valence-electron chi connectivity index (χ1n) is 6.05. The van der Waals surface area contributed by atoms with Gasteiger partial charge in [0.25, 0.3) is 0 Å². The van der Waals surface area contributed by atoms with E-state index in [9.17, 15) is 0 Å². The highest BCUT2D eigenvalue weighted by Gasteiger charge is 2.07. The molecule has 1 aromatic rings. The number of hydrogen-bond acceptors (Lipinski definition) is 3. The average molecular weight is 222 g/mol. The highest BCUT2D eigenvalue weighted by molar-refractivity contribution is 5.41. The third-order valence-corrected chi connectivity index (χ3v) is 2.84. The van der Waals surface area contributed by atoms with Crippen LogP contribution >= 0.6 is 0 Å². The maximum atomic E-state index is 9.09. The van der Waals surface area contributed by atoms with Gasteiger partial charge >= 0.3 is 0 Å². The van der Waals surface area contributed by atoms with Crippen molar-refractivity contribution in [3.05, 3.63) is 23.4 Å². The van der Waals surface area contributed by atoms with Crippen LogP contribution in [0.1, 0.15) is 37.9 Å². The molecular weight excluding hydrogens is 200 g/mol. The van der Waals surface area contributed by atoms with Crippen molar-refractivity contribution in [3.63, 3.8) is 0 Å². The number of aliphatic hydroxyl groups excluding tert-OH is 1. The molecule has 1 heterocycles. The molecule has 0 amide bonds. The van der Waals surface area contributed by atoms with Crippen LogP contribution < -0.4 is 4.90 Å². The van der Waals surface area contributed by atoms with Crippen LogP contribution in [0.15, 0.2) is 12.1 Å². The van der Waals surface area contributed by atoms with Crippen molar-refractivity contribution in [2.24, 2.45) is 0 Å². The molecule has 0 saturated heterocycles. The fourth-order valence-corrected chi connectivity index (χ4v) is 1.70. The third-order valence-electron chi connectivity index (χ3n) is 2.84. The number of hydrogen-bond donors (Lipinski definition) is 1. The Bertz CT molecular complexity index is 326. The minimum absolute atomic E-state index is 0.0696. The molecule has 0 atom stereocenters. The van der Waals surface area contributed by atoms with E-state index in [0.717, 1.165) is 30.2 Å². The first kappa shape index (κ1) is 13.0. The van der Waals surface area contributed by atoms with Gasteiger partial charge in [-0.1, -0.05) is 19.4 Å². The maximum Gasteiger partial charge on any atom is 0.128 e. The highest BCUT2D eigenvalue weighted by Crippen LogP contribution is 2.15. The lowest BCUT2D eigenvalue weighted by atomic mass is 10.2. The van der Waals surface area contributed by atoms with Crippen molar-refractivity contribution in [1.82, 2.24) is 4.98 Å². The van der Waals surface area contributed by atoms with Gasteiger partial charge in [0.15, 0.2) is 0 Å². The van der Waals surface area contributed by atoms with Crippen LogP contribution in [0.4, 0.5) is 5.82 Å².